The van der Waals surface area contributed by atoms with E-state index in [4.69, 9.17) is 0 Å². The number of aliphatic hydroxyl groups excluding tert-OH is 1. The number of aromatic nitrogens is 2. The highest BCUT2D eigenvalue weighted by molar-refractivity contribution is 7.12. The molecule has 1 saturated heterocycles. The molecule has 0 saturated carbocycles. The topological polar surface area (TPSA) is 87.5 Å². The van der Waals surface area contributed by atoms with Gasteiger partial charge in [0.1, 0.15) is 6.54 Å². The first kappa shape index (κ1) is 19.4. The molecular weight excluding hydrogens is 388 g/mol. The van der Waals surface area contributed by atoms with Gasteiger partial charge in [-0.05, 0) is 29.5 Å². The van der Waals surface area contributed by atoms with Crippen LogP contribution in [0.2, 0.25) is 0 Å². The molecule has 2 atom stereocenters. The number of amides is 2. The molecule has 1 aliphatic rings. The molecule has 2 amide bonds. The van der Waals surface area contributed by atoms with Crippen LogP contribution in [-0.4, -0.2) is 50.8 Å². The van der Waals surface area contributed by atoms with Gasteiger partial charge in [-0.3, -0.25) is 14.3 Å². The Balaban J connectivity index is 1.56. The van der Waals surface area contributed by atoms with Crippen molar-refractivity contribution in [2.45, 2.75) is 24.6 Å². The third kappa shape index (κ3) is 3.94. The normalized spacial score (nSPS) is 21.7. The predicted molar refractivity (Wildman–Crippen MR) is 109 cm³/mol. The molecular formula is C21H22N4O3S. The van der Waals surface area contributed by atoms with Gasteiger partial charge in [-0.15, -0.1) is 11.3 Å². The van der Waals surface area contributed by atoms with Crippen LogP contribution in [0.15, 0.2) is 66.3 Å². The molecule has 7 nitrogen and oxygen atoms in total. The zero-order valence-electron chi connectivity index (χ0n) is 15.8. The van der Waals surface area contributed by atoms with Crippen molar-refractivity contribution >= 4 is 23.2 Å². The van der Waals surface area contributed by atoms with E-state index in [2.05, 4.69) is 10.4 Å². The Labute approximate surface area is 172 Å². The van der Waals surface area contributed by atoms with Gasteiger partial charge in [-0.1, -0.05) is 36.4 Å². The third-order valence-electron chi connectivity index (χ3n) is 5.27. The van der Waals surface area contributed by atoms with E-state index >= 15 is 0 Å². The van der Waals surface area contributed by atoms with Crippen molar-refractivity contribution in [1.82, 2.24) is 20.0 Å². The lowest BCUT2D eigenvalue weighted by Gasteiger charge is -2.46. The largest absolute Gasteiger partial charge is 0.388 e. The minimum absolute atomic E-state index is 0.0617. The third-order valence-corrected chi connectivity index (χ3v) is 6.13. The molecule has 29 heavy (non-hydrogen) atoms. The molecule has 0 bridgehead atoms. The van der Waals surface area contributed by atoms with Gasteiger partial charge < -0.3 is 15.3 Å². The maximum atomic E-state index is 12.7. The quantitative estimate of drug-likeness (QED) is 0.672. The maximum Gasteiger partial charge on any atom is 0.264 e. The van der Waals surface area contributed by atoms with Crippen molar-refractivity contribution in [2.75, 3.05) is 13.1 Å². The van der Waals surface area contributed by atoms with Crippen molar-refractivity contribution in [2.24, 2.45) is 0 Å². The number of thiophene rings is 1. The van der Waals surface area contributed by atoms with Gasteiger partial charge >= 0.3 is 0 Å². The number of nitrogens with zero attached hydrogens (tertiary/aromatic N) is 3. The second kappa shape index (κ2) is 8.18. The van der Waals surface area contributed by atoms with Gasteiger partial charge in [-0.2, -0.15) is 5.10 Å². The number of hydrogen-bond donors (Lipinski definition) is 2. The first-order chi connectivity index (χ1) is 14.1. The number of hydrogen-bond acceptors (Lipinski definition) is 5. The zero-order valence-corrected chi connectivity index (χ0v) is 16.6. The maximum absolute atomic E-state index is 12.7. The monoisotopic (exact) mass is 410 g/mol. The van der Waals surface area contributed by atoms with Crippen LogP contribution in [0.4, 0.5) is 0 Å². The van der Waals surface area contributed by atoms with E-state index in [-0.39, 0.29) is 24.9 Å². The minimum atomic E-state index is -0.961. The number of rotatable bonds is 5. The summed E-state index contributed by atoms with van der Waals surface area (Å²) in [7, 11) is 0. The molecule has 1 aliphatic heterocycles. The Bertz CT molecular complexity index is 959. The zero-order chi connectivity index (χ0) is 20.3. The van der Waals surface area contributed by atoms with E-state index in [1.165, 1.54) is 16.0 Å². The lowest BCUT2D eigenvalue weighted by Crippen LogP contribution is -2.63. The van der Waals surface area contributed by atoms with Crippen molar-refractivity contribution in [3.63, 3.8) is 0 Å². The van der Waals surface area contributed by atoms with Crippen LogP contribution >= 0.6 is 11.3 Å². The summed E-state index contributed by atoms with van der Waals surface area (Å²) in [5.74, 6) is -0.335. The number of carbonyl (C=O) groups is 2. The second-order valence-corrected chi connectivity index (χ2v) is 8.03. The Hall–Kier alpha value is -2.97. The van der Waals surface area contributed by atoms with Crippen molar-refractivity contribution in [3.8, 4) is 0 Å². The summed E-state index contributed by atoms with van der Waals surface area (Å²) in [6, 6.07) is 14.8. The molecule has 0 radical (unpaired) electrons. The molecule has 0 aliphatic carbocycles. The molecule has 2 N–H and O–H groups in total. The number of β-amino-alcohol motifs (C(OH)–C–C–N with tert-alkyl or cyclic N) is 1. The van der Waals surface area contributed by atoms with E-state index in [9.17, 15) is 14.7 Å². The highest BCUT2D eigenvalue weighted by atomic mass is 32.1. The minimum Gasteiger partial charge on any atom is -0.388 e. The van der Waals surface area contributed by atoms with E-state index in [1.807, 2.05) is 41.8 Å². The van der Waals surface area contributed by atoms with Crippen molar-refractivity contribution in [1.29, 1.82) is 0 Å². The van der Waals surface area contributed by atoms with E-state index in [0.717, 1.165) is 5.56 Å². The molecule has 0 unspecified atom stereocenters. The first-order valence-corrected chi connectivity index (χ1v) is 10.3. The van der Waals surface area contributed by atoms with Gasteiger partial charge in [0.15, 0.2) is 0 Å². The number of aliphatic hydroxyl groups is 1. The summed E-state index contributed by atoms with van der Waals surface area (Å²) in [5.41, 5.74) is -0.137. The number of carbonyl (C=O) groups excluding carboxylic acids is 2. The summed E-state index contributed by atoms with van der Waals surface area (Å²) in [6.45, 7) is 0.643. The van der Waals surface area contributed by atoms with Crippen LogP contribution in [-0.2, 0) is 16.9 Å². The smallest absolute Gasteiger partial charge is 0.264 e. The highest BCUT2D eigenvalue weighted by Crippen LogP contribution is 2.34. The summed E-state index contributed by atoms with van der Waals surface area (Å²) >= 11 is 1.38. The highest BCUT2D eigenvalue weighted by Gasteiger charge is 2.46. The van der Waals surface area contributed by atoms with E-state index in [0.29, 0.717) is 17.8 Å². The summed E-state index contributed by atoms with van der Waals surface area (Å²) < 4.78 is 1.54. The van der Waals surface area contributed by atoms with Gasteiger partial charge in [0.25, 0.3) is 5.91 Å². The molecule has 0 spiro atoms. The Morgan fingerprint density at radius 1 is 1.21 bits per heavy atom. The standard InChI is InChI=1S/C21H22N4O3S/c26-18-14-24(20(28)17-8-4-13-29-17)12-9-21(18,16-6-2-1-3-7-16)23-19(27)15-25-11-5-10-22-25/h1-8,10-11,13,18,26H,9,12,14-15H2,(H,23,27)/t18-,21+/m1/s1. The lowest BCUT2D eigenvalue weighted by molar-refractivity contribution is -0.127. The molecule has 1 fully saturated rings. The van der Waals surface area contributed by atoms with Crippen LogP contribution in [0.25, 0.3) is 0 Å². The molecule has 1 aromatic carbocycles. The Morgan fingerprint density at radius 3 is 2.69 bits per heavy atom. The van der Waals surface area contributed by atoms with Gasteiger partial charge in [-0.25, -0.2) is 0 Å². The fraction of sp³-hybridized carbons (Fsp3) is 0.286. The Kier molecular flexibility index (Phi) is 5.46. The summed E-state index contributed by atoms with van der Waals surface area (Å²) in [6.07, 6.45) is 2.81. The predicted octanol–water partition coefficient (Wildman–Crippen LogP) is 1.86. The number of benzene rings is 1. The molecule has 3 aromatic rings. The average molecular weight is 410 g/mol. The first-order valence-electron chi connectivity index (χ1n) is 9.43. The van der Waals surface area contributed by atoms with E-state index < -0.39 is 11.6 Å². The number of piperidine rings is 1. The van der Waals surface area contributed by atoms with Crippen LogP contribution < -0.4 is 5.32 Å². The summed E-state index contributed by atoms with van der Waals surface area (Å²) in [4.78, 5) is 27.8. The van der Waals surface area contributed by atoms with Crippen LogP contribution in [0.5, 0.6) is 0 Å². The molecule has 4 rings (SSSR count). The number of nitrogens with one attached hydrogen (secondary N) is 1. The molecule has 2 aromatic heterocycles. The Morgan fingerprint density at radius 2 is 2.03 bits per heavy atom. The summed E-state index contributed by atoms with van der Waals surface area (Å²) in [5, 5.41) is 20.1. The molecule has 150 valence electrons. The van der Waals surface area contributed by atoms with Crippen LogP contribution in [0, 0.1) is 0 Å². The van der Waals surface area contributed by atoms with Crippen molar-refractivity contribution < 1.29 is 14.7 Å². The van der Waals surface area contributed by atoms with Gasteiger partial charge in [0.05, 0.1) is 16.5 Å². The van der Waals surface area contributed by atoms with Crippen LogP contribution in [0.1, 0.15) is 21.7 Å². The fourth-order valence-corrected chi connectivity index (χ4v) is 4.48. The number of likely N-dealkylation sites (tertiary alicyclic amines) is 1. The second-order valence-electron chi connectivity index (χ2n) is 7.08. The lowest BCUT2D eigenvalue weighted by atomic mass is 9.78. The van der Waals surface area contributed by atoms with Crippen LogP contribution in [0.3, 0.4) is 0 Å². The van der Waals surface area contributed by atoms with Gasteiger partial charge in [0.2, 0.25) is 5.91 Å². The van der Waals surface area contributed by atoms with Gasteiger partial charge in [0, 0.05) is 25.5 Å². The molecule has 3 heterocycles. The fourth-order valence-electron chi connectivity index (χ4n) is 3.79. The SMILES string of the molecule is O=C(Cn1cccn1)N[C@]1(c2ccccc2)CCN(C(=O)c2cccs2)C[C@H]1O. The van der Waals surface area contributed by atoms with E-state index in [1.54, 1.807) is 29.4 Å². The average Bonchev–Trinajstić information content (AvgIpc) is 3.44. The van der Waals surface area contributed by atoms with Crippen molar-refractivity contribution in [3.05, 3.63) is 76.7 Å². The molecule has 8 heteroatoms.